The van der Waals surface area contributed by atoms with Crippen LogP contribution in [0.5, 0.6) is 0 Å². The Bertz CT molecular complexity index is 665. The topological polar surface area (TPSA) is 52.0 Å². The molecule has 0 bridgehead atoms. The van der Waals surface area contributed by atoms with E-state index in [9.17, 15) is 0 Å². The molecule has 0 aliphatic carbocycles. The van der Waals surface area contributed by atoms with Gasteiger partial charge in [0.05, 0.1) is 0 Å². The van der Waals surface area contributed by atoms with Gasteiger partial charge in [-0.3, -0.25) is 4.90 Å². The van der Waals surface area contributed by atoms with Crippen LogP contribution >= 0.6 is 23.1 Å². The number of nitrogens with zero attached hydrogens (tertiary/aromatic N) is 3. The van der Waals surface area contributed by atoms with Crippen LogP contribution < -0.4 is 5.32 Å². The molecule has 1 fully saturated rings. The van der Waals surface area contributed by atoms with Crippen molar-refractivity contribution in [3.8, 4) is 6.07 Å². The molecule has 0 radical (unpaired) electrons. The van der Waals surface area contributed by atoms with Crippen LogP contribution in [-0.4, -0.2) is 28.4 Å². The Morgan fingerprint density at radius 1 is 1.41 bits per heavy atom. The fraction of sp³-hybridized carbons (Fsp3) is 0.375. The Balaban J connectivity index is 1.62. The molecule has 1 N–H and O–H groups in total. The van der Waals surface area contributed by atoms with E-state index in [1.54, 1.807) is 0 Å². The first-order valence-corrected chi connectivity index (χ1v) is 8.49. The number of likely N-dealkylation sites (tertiary alicyclic amines) is 1. The van der Waals surface area contributed by atoms with Crippen LogP contribution in [0.25, 0.3) is 0 Å². The molecule has 1 aromatic heterocycles. The van der Waals surface area contributed by atoms with Crippen LogP contribution in [0, 0.1) is 11.3 Å². The van der Waals surface area contributed by atoms with Gasteiger partial charge in [-0.2, -0.15) is 9.64 Å². The normalized spacial score (nSPS) is 18.8. The first-order valence-electron chi connectivity index (χ1n) is 7.34. The third kappa shape index (κ3) is 3.58. The van der Waals surface area contributed by atoms with E-state index in [1.807, 2.05) is 6.07 Å². The van der Waals surface area contributed by atoms with E-state index in [4.69, 9.17) is 16.9 Å². The van der Waals surface area contributed by atoms with E-state index in [0.29, 0.717) is 16.8 Å². The van der Waals surface area contributed by atoms with Gasteiger partial charge >= 0.3 is 0 Å². The SMILES string of the molecule is N#Cc1c(Cl)nsc1NC1CCCN(Cc2ccccc2)C1. The minimum atomic E-state index is 0.298. The summed E-state index contributed by atoms with van der Waals surface area (Å²) in [6, 6.07) is 13.0. The second kappa shape index (κ2) is 7.10. The summed E-state index contributed by atoms with van der Waals surface area (Å²) in [5.41, 5.74) is 1.80. The zero-order chi connectivity index (χ0) is 15.4. The Labute approximate surface area is 139 Å². The third-order valence-electron chi connectivity index (χ3n) is 3.85. The molecule has 3 rings (SSSR count). The van der Waals surface area contributed by atoms with Gasteiger partial charge < -0.3 is 5.32 Å². The first kappa shape index (κ1) is 15.3. The summed E-state index contributed by atoms with van der Waals surface area (Å²) >= 11 is 7.19. The number of nitriles is 1. The fourth-order valence-electron chi connectivity index (χ4n) is 2.81. The second-order valence-corrected chi connectivity index (χ2v) is 6.62. The molecule has 22 heavy (non-hydrogen) atoms. The summed E-state index contributed by atoms with van der Waals surface area (Å²) in [5.74, 6) is 0. The quantitative estimate of drug-likeness (QED) is 0.926. The fourth-order valence-corrected chi connectivity index (χ4v) is 3.82. The number of nitrogens with one attached hydrogen (secondary N) is 1. The molecule has 1 aliphatic rings. The van der Waals surface area contributed by atoms with Crippen molar-refractivity contribution in [3.63, 3.8) is 0 Å². The van der Waals surface area contributed by atoms with Crippen molar-refractivity contribution in [1.29, 1.82) is 5.26 Å². The van der Waals surface area contributed by atoms with Crippen molar-refractivity contribution in [2.45, 2.75) is 25.4 Å². The second-order valence-electron chi connectivity index (χ2n) is 5.49. The molecule has 1 aromatic carbocycles. The van der Waals surface area contributed by atoms with E-state index < -0.39 is 0 Å². The highest BCUT2D eigenvalue weighted by Crippen LogP contribution is 2.29. The maximum Gasteiger partial charge on any atom is 0.162 e. The Morgan fingerprint density at radius 3 is 3.00 bits per heavy atom. The molecule has 2 heterocycles. The smallest absolute Gasteiger partial charge is 0.162 e. The molecular formula is C16H17ClN4S. The maximum absolute atomic E-state index is 9.15. The lowest BCUT2D eigenvalue weighted by Crippen LogP contribution is -2.41. The lowest BCUT2D eigenvalue weighted by Gasteiger charge is -2.33. The van der Waals surface area contributed by atoms with E-state index in [0.717, 1.165) is 37.5 Å². The van der Waals surface area contributed by atoms with Crippen molar-refractivity contribution < 1.29 is 0 Å². The average molecular weight is 333 g/mol. The molecule has 1 unspecified atom stereocenters. The van der Waals surface area contributed by atoms with Gasteiger partial charge in [0.25, 0.3) is 0 Å². The summed E-state index contributed by atoms with van der Waals surface area (Å²) in [4.78, 5) is 2.45. The summed E-state index contributed by atoms with van der Waals surface area (Å²) in [7, 11) is 0. The van der Waals surface area contributed by atoms with E-state index >= 15 is 0 Å². The number of benzene rings is 1. The van der Waals surface area contributed by atoms with Gasteiger partial charge in [0, 0.05) is 19.1 Å². The van der Waals surface area contributed by atoms with E-state index in [-0.39, 0.29) is 0 Å². The number of hydrogen-bond donors (Lipinski definition) is 1. The molecule has 2 aromatic rings. The van der Waals surface area contributed by atoms with Crippen LogP contribution in [0.15, 0.2) is 30.3 Å². The zero-order valence-corrected chi connectivity index (χ0v) is 13.7. The minimum Gasteiger partial charge on any atom is -0.371 e. The van der Waals surface area contributed by atoms with Gasteiger partial charge in [-0.25, -0.2) is 0 Å². The Hall–Kier alpha value is -1.61. The molecule has 0 spiro atoms. The minimum absolute atomic E-state index is 0.298. The average Bonchev–Trinajstić information content (AvgIpc) is 2.88. The van der Waals surface area contributed by atoms with Crippen LogP contribution in [-0.2, 0) is 6.54 Å². The lowest BCUT2D eigenvalue weighted by molar-refractivity contribution is 0.208. The largest absolute Gasteiger partial charge is 0.371 e. The van der Waals surface area contributed by atoms with Crippen LogP contribution in [0.2, 0.25) is 5.15 Å². The van der Waals surface area contributed by atoms with Gasteiger partial charge in [0.2, 0.25) is 0 Å². The number of halogens is 1. The highest BCUT2D eigenvalue weighted by molar-refractivity contribution is 7.10. The number of rotatable bonds is 4. The van der Waals surface area contributed by atoms with Gasteiger partial charge in [-0.1, -0.05) is 41.9 Å². The number of hydrogen-bond acceptors (Lipinski definition) is 5. The zero-order valence-electron chi connectivity index (χ0n) is 12.1. The monoisotopic (exact) mass is 332 g/mol. The van der Waals surface area contributed by atoms with Crippen molar-refractivity contribution in [1.82, 2.24) is 9.27 Å². The van der Waals surface area contributed by atoms with Crippen LogP contribution in [0.3, 0.4) is 0 Å². The summed E-state index contributed by atoms with van der Waals surface area (Å²) < 4.78 is 4.05. The van der Waals surface area contributed by atoms with Crippen molar-refractivity contribution in [2.24, 2.45) is 0 Å². The van der Waals surface area contributed by atoms with Gasteiger partial charge in [-0.15, -0.1) is 0 Å². The molecule has 1 atom stereocenters. The number of anilines is 1. The summed E-state index contributed by atoms with van der Waals surface area (Å²) in [6.45, 7) is 3.05. The third-order valence-corrected chi connectivity index (χ3v) is 5.00. The lowest BCUT2D eigenvalue weighted by atomic mass is 10.0. The summed E-state index contributed by atoms with van der Waals surface area (Å²) in [6.07, 6.45) is 2.25. The molecule has 1 aliphatic heterocycles. The molecule has 0 amide bonds. The Kier molecular flexibility index (Phi) is 4.94. The molecule has 6 heteroatoms. The molecule has 1 saturated heterocycles. The summed E-state index contributed by atoms with van der Waals surface area (Å²) in [5, 5.41) is 13.7. The number of piperidine rings is 1. The van der Waals surface area contributed by atoms with Crippen LogP contribution in [0.4, 0.5) is 5.00 Å². The standard InChI is InChI=1S/C16H17ClN4S/c17-15-14(9-18)16(22-20-15)19-13-7-4-8-21(11-13)10-12-5-2-1-3-6-12/h1-3,5-6,13,19H,4,7-8,10-11H2. The molecule has 4 nitrogen and oxygen atoms in total. The highest BCUT2D eigenvalue weighted by atomic mass is 35.5. The number of aromatic nitrogens is 1. The van der Waals surface area contributed by atoms with Gasteiger partial charge in [0.15, 0.2) is 5.15 Å². The van der Waals surface area contributed by atoms with E-state index in [2.05, 4.69) is 44.9 Å². The van der Waals surface area contributed by atoms with Gasteiger partial charge in [-0.05, 0) is 36.5 Å². The predicted octanol–water partition coefficient (Wildman–Crippen LogP) is 3.74. The van der Waals surface area contributed by atoms with Gasteiger partial charge in [0.1, 0.15) is 16.6 Å². The first-order chi connectivity index (χ1) is 10.8. The van der Waals surface area contributed by atoms with Crippen molar-refractivity contribution in [3.05, 3.63) is 46.6 Å². The molecule has 0 saturated carbocycles. The molecule has 114 valence electrons. The van der Waals surface area contributed by atoms with Crippen LogP contribution in [0.1, 0.15) is 24.0 Å². The highest BCUT2D eigenvalue weighted by Gasteiger charge is 2.22. The van der Waals surface area contributed by atoms with Crippen molar-refractivity contribution >= 4 is 28.1 Å². The maximum atomic E-state index is 9.15. The molecular weight excluding hydrogens is 316 g/mol. The van der Waals surface area contributed by atoms with E-state index in [1.165, 1.54) is 17.1 Å². The van der Waals surface area contributed by atoms with Crippen molar-refractivity contribution in [2.75, 3.05) is 18.4 Å². The predicted molar refractivity (Wildman–Crippen MR) is 90.2 cm³/mol. The Morgan fingerprint density at radius 2 is 2.23 bits per heavy atom.